The van der Waals surface area contributed by atoms with Gasteiger partial charge in [0.1, 0.15) is 5.82 Å². The van der Waals surface area contributed by atoms with Crippen LogP contribution in [0.25, 0.3) is 6.08 Å². The highest BCUT2D eigenvalue weighted by Crippen LogP contribution is 2.30. The van der Waals surface area contributed by atoms with E-state index in [2.05, 4.69) is 12.0 Å². The van der Waals surface area contributed by atoms with Crippen LogP contribution in [0.3, 0.4) is 0 Å². The number of halogens is 1. The van der Waals surface area contributed by atoms with Crippen LogP contribution < -0.4 is 0 Å². The molecule has 1 aromatic rings. The maximum Gasteiger partial charge on any atom is 0.124 e. The summed E-state index contributed by atoms with van der Waals surface area (Å²) in [5.74, 6) is 2.21. The molecule has 0 N–H and O–H groups in total. The molecule has 0 aliphatic heterocycles. The summed E-state index contributed by atoms with van der Waals surface area (Å²) in [6.07, 6.45) is 9.63. The minimum atomic E-state index is -0.272. The van der Waals surface area contributed by atoms with Gasteiger partial charge >= 0.3 is 0 Å². The van der Waals surface area contributed by atoms with Gasteiger partial charge in [0.05, 0.1) is 0 Å². The van der Waals surface area contributed by atoms with Crippen LogP contribution in [0.5, 0.6) is 0 Å². The first-order chi connectivity index (χ1) is 6.29. The Balaban J connectivity index is 2.45. The van der Waals surface area contributed by atoms with Crippen molar-refractivity contribution in [2.45, 2.75) is 12.8 Å². The van der Waals surface area contributed by atoms with E-state index >= 15 is 0 Å². The Morgan fingerprint density at radius 3 is 2.77 bits per heavy atom. The SMILES string of the molecule is C#Cc1cc(F)ccc1C=C1CC1. The number of hydrogen-bond donors (Lipinski definition) is 0. The zero-order valence-electron chi connectivity index (χ0n) is 7.18. The Morgan fingerprint density at radius 2 is 2.15 bits per heavy atom. The Hall–Kier alpha value is -1.55. The number of benzene rings is 1. The van der Waals surface area contributed by atoms with Crippen molar-refractivity contribution in [3.8, 4) is 12.3 Å². The molecule has 1 aromatic carbocycles. The normalized spacial score (nSPS) is 13.7. The van der Waals surface area contributed by atoms with Crippen molar-refractivity contribution in [1.82, 2.24) is 0 Å². The summed E-state index contributed by atoms with van der Waals surface area (Å²) in [5, 5.41) is 0. The molecule has 0 amide bonds. The molecular formula is C12H9F. The fourth-order valence-electron chi connectivity index (χ4n) is 1.22. The van der Waals surface area contributed by atoms with Gasteiger partial charge < -0.3 is 0 Å². The maximum atomic E-state index is 12.8. The monoisotopic (exact) mass is 172 g/mol. The summed E-state index contributed by atoms with van der Waals surface area (Å²) >= 11 is 0. The lowest BCUT2D eigenvalue weighted by Crippen LogP contribution is -1.83. The van der Waals surface area contributed by atoms with Crippen LogP contribution in [-0.4, -0.2) is 0 Å². The van der Waals surface area contributed by atoms with Gasteiger partial charge in [-0.1, -0.05) is 23.6 Å². The first-order valence-electron chi connectivity index (χ1n) is 4.25. The molecule has 0 heterocycles. The van der Waals surface area contributed by atoms with E-state index in [0.29, 0.717) is 5.56 Å². The average molecular weight is 172 g/mol. The van der Waals surface area contributed by atoms with Gasteiger partial charge in [-0.05, 0) is 30.5 Å². The fourth-order valence-corrected chi connectivity index (χ4v) is 1.22. The van der Waals surface area contributed by atoms with Crippen LogP contribution in [0.4, 0.5) is 4.39 Å². The molecule has 0 saturated heterocycles. The third-order valence-corrected chi connectivity index (χ3v) is 2.07. The maximum absolute atomic E-state index is 12.8. The van der Waals surface area contributed by atoms with Gasteiger partial charge in [-0.2, -0.15) is 0 Å². The summed E-state index contributed by atoms with van der Waals surface area (Å²) < 4.78 is 12.8. The first-order valence-corrected chi connectivity index (χ1v) is 4.25. The van der Waals surface area contributed by atoms with Crippen LogP contribution in [-0.2, 0) is 0 Å². The van der Waals surface area contributed by atoms with Gasteiger partial charge in [0.15, 0.2) is 0 Å². The molecule has 1 heteroatoms. The van der Waals surface area contributed by atoms with Crippen LogP contribution >= 0.6 is 0 Å². The highest BCUT2D eigenvalue weighted by molar-refractivity contribution is 5.63. The van der Waals surface area contributed by atoms with Crippen LogP contribution in [0.15, 0.2) is 23.8 Å². The molecular weight excluding hydrogens is 163 g/mol. The largest absolute Gasteiger partial charge is 0.207 e. The molecule has 1 aliphatic carbocycles. The second-order valence-electron chi connectivity index (χ2n) is 3.18. The third kappa shape index (κ3) is 1.78. The van der Waals surface area contributed by atoms with Crippen LogP contribution in [0.1, 0.15) is 24.0 Å². The van der Waals surface area contributed by atoms with E-state index in [1.165, 1.54) is 17.7 Å². The quantitative estimate of drug-likeness (QED) is 0.571. The van der Waals surface area contributed by atoms with Crippen molar-refractivity contribution >= 4 is 6.08 Å². The lowest BCUT2D eigenvalue weighted by Gasteiger charge is -1.97. The van der Waals surface area contributed by atoms with Crippen LogP contribution in [0, 0.1) is 18.2 Å². The van der Waals surface area contributed by atoms with E-state index < -0.39 is 0 Å². The minimum Gasteiger partial charge on any atom is -0.207 e. The number of terminal acetylenes is 1. The Labute approximate surface area is 77.1 Å². The number of hydrogen-bond acceptors (Lipinski definition) is 0. The standard InChI is InChI=1S/C12H9F/c1-2-10-8-12(13)6-5-11(10)7-9-3-4-9/h1,5-8H,3-4H2. The Kier molecular flexibility index (Phi) is 1.90. The summed E-state index contributed by atoms with van der Waals surface area (Å²) in [7, 11) is 0. The summed E-state index contributed by atoms with van der Waals surface area (Å²) in [4.78, 5) is 0. The van der Waals surface area contributed by atoms with Crippen molar-refractivity contribution < 1.29 is 4.39 Å². The third-order valence-electron chi connectivity index (χ3n) is 2.07. The molecule has 1 aliphatic rings. The lowest BCUT2D eigenvalue weighted by atomic mass is 10.1. The molecule has 13 heavy (non-hydrogen) atoms. The molecule has 0 atom stereocenters. The van der Waals surface area contributed by atoms with E-state index in [0.717, 1.165) is 18.4 Å². The summed E-state index contributed by atoms with van der Waals surface area (Å²) in [6.45, 7) is 0. The first kappa shape index (κ1) is 8.07. The zero-order chi connectivity index (χ0) is 9.26. The van der Waals surface area contributed by atoms with Gasteiger partial charge in [0.25, 0.3) is 0 Å². The van der Waals surface area contributed by atoms with Crippen molar-refractivity contribution in [2.24, 2.45) is 0 Å². The second-order valence-corrected chi connectivity index (χ2v) is 3.18. The molecule has 0 spiro atoms. The minimum absolute atomic E-state index is 0.272. The van der Waals surface area contributed by atoms with Crippen molar-refractivity contribution in [3.63, 3.8) is 0 Å². The predicted octanol–water partition coefficient (Wildman–Crippen LogP) is 2.98. The van der Waals surface area contributed by atoms with E-state index in [-0.39, 0.29) is 5.82 Å². The van der Waals surface area contributed by atoms with Crippen molar-refractivity contribution in [1.29, 1.82) is 0 Å². The van der Waals surface area contributed by atoms with Crippen LogP contribution in [0.2, 0.25) is 0 Å². The lowest BCUT2D eigenvalue weighted by molar-refractivity contribution is 0.627. The van der Waals surface area contributed by atoms with Gasteiger partial charge in [0, 0.05) is 5.56 Å². The summed E-state index contributed by atoms with van der Waals surface area (Å²) in [5.41, 5.74) is 2.99. The summed E-state index contributed by atoms with van der Waals surface area (Å²) in [6, 6.07) is 4.57. The molecule has 0 bridgehead atoms. The van der Waals surface area contributed by atoms with E-state index in [9.17, 15) is 4.39 Å². The van der Waals surface area contributed by atoms with E-state index in [1.54, 1.807) is 6.07 Å². The average Bonchev–Trinajstić information content (AvgIpc) is 2.92. The molecule has 0 nitrogen and oxygen atoms in total. The van der Waals surface area contributed by atoms with Gasteiger partial charge in [-0.3, -0.25) is 0 Å². The van der Waals surface area contributed by atoms with E-state index in [1.807, 2.05) is 0 Å². The molecule has 0 aromatic heterocycles. The second kappa shape index (κ2) is 3.06. The molecule has 0 unspecified atom stereocenters. The zero-order valence-corrected chi connectivity index (χ0v) is 7.18. The molecule has 1 fully saturated rings. The Morgan fingerprint density at radius 1 is 1.38 bits per heavy atom. The predicted molar refractivity (Wildman–Crippen MR) is 51.5 cm³/mol. The number of allylic oxidation sites excluding steroid dienone is 1. The van der Waals surface area contributed by atoms with Gasteiger partial charge in [0.2, 0.25) is 0 Å². The van der Waals surface area contributed by atoms with Crippen molar-refractivity contribution in [3.05, 3.63) is 40.7 Å². The highest BCUT2D eigenvalue weighted by Gasteiger charge is 2.11. The van der Waals surface area contributed by atoms with E-state index in [4.69, 9.17) is 6.42 Å². The molecule has 0 radical (unpaired) electrons. The fraction of sp³-hybridized carbons (Fsp3) is 0.167. The van der Waals surface area contributed by atoms with Gasteiger partial charge in [-0.15, -0.1) is 6.42 Å². The van der Waals surface area contributed by atoms with Gasteiger partial charge in [-0.25, -0.2) is 4.39 Å². The molecule has 1 saturated carbocycles. The smallest absolute Gasteiger partial charge is 0.124 e. The molecule has 64 valence electrons. The topological polar surface area (TPSA) is 0 Å². The Bertz CT molecular complexity index is 402. The number of rotatable bonds is 1. The molecule has 2 rings (SSSR count). The highest BCUT2D eigenvalue weighted by atomic mass is 19.1. The van der Waals surface area contributed by atoms with Crippen molar-refractivity contribution in [2.75, 3.05) is 0 Å².